The highest BCUT2D eigenvalue weighted by atomic mass is 32.2. The second-order valence-electron chi connectivity index (χ2n) is 9.89. The maximum absolute atomic E-state index is 13.5. The van der Waals surface area contributed by atoms with Crippen molar-refractivity contribution >= 4 is 44.2 Å². The van der Waals surface area contributed by atoms with Crippen LogP contribution in [0, 0.1) is 5.41 Å². The van der Waals surface area contributed by atoms with Gasteiger partial charge in [-0.1, -0.05) is 54.6 Å². The van der Waals surface area contributed by atoms with Gasteiger partial charge in [0.15, 0.2) is 15.6 Å². The zero-order chi connectivity index (χ0) is 29.7. The maximum atomic E-state index is 13.5. The summed E-state index contributed by atoms with van der Waals surface area (Å²) in [7, 11) is -3.97. The molecule has 214 valence electrons. The summed E-state index contributed by atoms with van der Waals surface area (Å²) in [5.41, 5.74) is 10.1. The summed E-state index contributed by atoms with van der Waals surface area (Å²) in [5, 5.41) is 23.1. The van der Waals surface area contributed by atoms with Gasteiger partial charge >= 0.3 is 11.9 Å². The number of benzene rings is 2. The van der Waals surface area contributed by atoms with Gasteiger partial charge in [-0.25, -0.2) is 13.2 Å². The van der Waals surface area contributed by atoms with Crippen LogP contribution in [0.1, 0.15) is 31.7 Å². The molecule has 12 heteroatoms. The lowest BCUT2D eigenvalue weighted by Crippen LogP contribution is -2.59. The van der Waals surface area contributed by atoms with Crippen LogP contribution in [-0.4, -0.2) is 66.1 Å². The van der Waals surface area contributed by atoms with Crippen molar-refractivity contribution < 1.29 is 37.8 Å². The largest absolute Gasteiger partial charge is 0.480 e. The molecule has 0 bridgehead atoms. The third-order valence-electron chi connectivity index (χ3n) is 7.00. The van der Waals surface area contributed by atoms with Gasteiger partial charge in [0.05, 0.1) is 17.2 Å². The third-order valence-corrected chi connectivity index (χ3v) is 8.82. The van der Waals surface area contributed by atoms with Crippen molar-refractivity contribution in [3.05, 3.63) is 71.2 Å². The van der Waals surface area contributed by atoms with E-state index < -0.39 is 69.8 Å². The predicted octanol–water partition coefficient (Wildman–Crippen LogP) is 1.31. The van der Waals surface area contributed by atoms with E-state index >= 15 is 0 Å². The van der Waals surface area contributed by atoms with Gasteiger partial charge in [-0.2, -0.15) is 0 Å². The van der Waals surface area contributed by atoms with E-state index in [0.717, 1.165) is 16.3 Å². The topological polar surface area (TPSA) is 207 Å². The quantitative estimate of drug-likeness (QED) is 0.233. The molecule has 7 N–H and O–H groups in total. The summed E-state index contributed by atoms with van der Waals surface area (Å²) in [6.07, 6.45) is 2.83. The number of sulfone groups is 1. The number of aliphatic carboxylic acids is 2. The number of hydrogen-bond acceptors (Lipinski definition) is 8. The smallest absolute Gasteiger partial charge is 0.327 e. The summed E-state index contributed by atoms with van der Waals surface area (Å²) >= 11 is 0. The van der Waals surface area contributed by atoms with Crippen LogP contribution in [0.4, 0.5) is 0 Å². The summed E-state index contributed by atoms with van der Waals surface area (Å²) in [6, 6.07) is 8.77. The highest BCUT2D eigenvalue weighted by Gasteiger charge is 2.51. The fourth-order valence-corrected chi connectivity index (χ4v) is 6.32. The first kappa shape index (κ1) is 30.7. The number of rotatable bonds is 13. The molecule has 1 aliphatic rings. The van der Waals surface area contributed by atoms with E-state index in [9.17, 15) is 32.7 Å². The first-order chi connectivity index (χ1) is 18.8. The zero-order valence-corrected chi connectivity index (χ0v) is 22.8. The molecule has 40 heavy (non-hydrogen) atoms. The molecular weight excluding hydrogens is 538 g/mol. The number of carboxylic acid groups (broad SMARTS) is 2. The molecule has 0 aliphatic heterocycles. The molecule has 11 nitrogen and oxygen atoms in total. The number of Topliss-reactive ketones (excluding diaryl/α,β-unsaturated/α-hetero) is 1. The lowest BCUT2D eigenvalue weighted by atomic mass is 9.69. The van der Waals surface area contributed by atoms with Crippen LogP contribution < -0.4 is 16.8 Å². The Balaban J connectivity index is 1.88. The molecule has 2 aromatic rings. The number of ketones is 1. The zero-order valence-electron chi connectivity index (χ0n) is 21.9. The number of carboxylic acids is 2. The van der Waals surface area contributed by atoms with E-state index in [-0.39, 0.29) is 23.5 Å². The Hall–Kier alpha value is -3.87. The highest BCUT2D eigenvalue weighted by Crippen LogP contribution is 2.40. The number of hydrogen-bond donors (Lipinski definition) is 5. The number of carbonyl (C=O) groups is 4. The molecule has 1 amide bonds. The number of carbonyl (C=O) groups excluding carboxylic acids is 2. The first-order valence-electron chi connectivity index (χ1n) is 12.7. The van der Waals surface area contributed by atoms with Gasteiger partial charge in [0, 0.05) is 17.7 Å². The Morgan fingerprint density at radius 3 is 2.35 bits per heavy atom. The molecule has 3 rings (SSSR count). The molecular formula is C28H33N3O8S. The van der Waals surface area contributed by atoms with Gasteiger partial charge in [-0.05, 0) is 42.2 Å². The van der Waals surface area contributed by atoms with Crippen LogP contribution >= 0.6 is 0 Å². The number of amides is 1. The van der Waals surface area contributed by atoms with Gasteiger partial charge in [0.1, 0.15) is 12.1 Å². The SMILES string of the molecule is C[C@H](N)C(=O)C1([C@@H](NC(=O)CC[C@H](N)C(=O)O)C(=O)O)C=CC=C(S(=O)(=O)CCc2cccc3ccccc23)C1. The van der Waals surface area contributed by atoms with Crippen LogP contribution in [0.15, 0.2) is 65.6 Å². The third kappa shape index (κ3) is 6.82. The second-order valence-corrected chi connectivity index (χ2v) is 12.1. The summed E-state index contributed by atoms with van der Waals surface area (Å²) in [5.74, 6) is -4.83. The van der Waals surface area contributed by atoms with E-state index in [1.54, 1.807) is 0 Å². The molecule has 0 spiro atoms. The van der Waals surface area contributed by atoms with Gasteiger partial charge in [-0.15, -0.1) is 0 Å². The number of fused-ring (bicyclic) bond motifs is 1. The Labute approximate surface area is 231 Å². The van der Waals surface area contributed by atoms with Crippen LogP contribution in [0.3, 0.4) is 0 Å². The summed E-state index contributed by atoms with van der Waals surface area (Å²) < 4.78 is 27.0. The summed E-state index contributed by atoms with van der Waals surface area (Å²) in [6.45, 7) is 1.34. The number of nitrogens with one attached hydrogen (secondary N) is 1. The monoisotopic (exact) mass is 571 g/mol. The van der Waals surface area contributed by atoms with Crippen molar-refractivity contribution in [3.8, 4) is 0 Å². The lowest BCUT2D eigenvalue weighted by molar-refractivity contribution is -0.149. The first-order valence-corrected chi connectivity index (χ1v) is 14.3. The molecule has 4 atom stereocenters. The number of nitrogens with two attached hydrogens (primary N) is 2. The lowest BCUT2D eigenvalue weighted by Gasteiger charge is -2.38. The molecule has 2 aromatic carbocycles. The molecule has 1 unspecified atom stereocenters. The molecule has 0 fully saturated rings. The van der Waals surface area contributed by atoms with E-state index in [4.69, 9.17) is 16.6 Å². The Kier molecular flexibility index (Phi) is 9.61. The van der Waals surface area contributed by atoms with Crippen LogP contribution in [0.2, 0.25) is 0 Å². The van der Waals surface area contributed by atoms with Crippen LogP contribution in [-0.2, 0) is 35.4 Å². The van der Waals surface area contributed by atoms with Gasteiger partial charge in [0.25, 0.3) is 0 Å². The Bertz CT molecular complexity index is 1480. The Morgan fingerprint density at radius 2 is 1.70 bits per heavy atom. The molecule has 1 aliphatic carbocycles. The molecule has 0 heterocycles. The maximum Gasteiger partial charge on any atom is 0.327 e. The van der Waals surface area contributed by atoms with Gasteiger partial charge < -0.3 is 27.0 Å². The van der Waals surface area contributed by atoms with Crippen molar-refractivity contribution in [2.24, 2.45) is 16.9 Å². The van der Waals surface area contributed by atoms with Crippen molar-refractivity contribution in [1.82, 2.24) is 5.32 Å². The molecule has 0 saturated carbocycles. The average molecular weight is 572 g/mol. The van der Waals surface area contributed by atoms with Crippen molar-refractivity contribution in [2.45, 2.75) is 50.7 Å². The number of aryl methyl sites for hydroxylation is 1. The minimum Gasteiger partial charge on any atom is -0.480 e. The van der Waals surface area contributed by atoms with Crippen molar-refractivity contribution in [3.63, 3.8) is 0 Å². The van der Waals surface area contributed by atoms with E-state index in [0.29, 0.717) is 0 Å². The van der Waals surface area contributed by atoms with Crippen LogP contribution in [0.5, 0.6) is 0 Å². The highest BCUT2D eigenvalue weighted by molar-refractivity contribution is 7.95. The summed E-state index contributed by atoms with van der Waals surface area (Å²) in [4.78, 5) is 49.2. The van der Waals surface area contributed by atoms with E-state index in [1.807, 2.05) is 42.5 Å². The van der Waals surface area contributed by atoms with E-state index in [2.05, 4.69) is 5.32 Å². The standard InChI is InChI=1S/C28H33N3O8S/c1-17(29)25(33)28(24(27(36)37)31-23(32)12-11-22(30)26(34)35)14-5-9-20(16-28)40(38,39)15-13-19-8-4-7-18-6-2-3-10-21(18)19/h2-10,14,17,22,24H,11-13,15-16,29-30H2,1H3,(H,31,32)(H,34,35)(H,36,37)/t17-,22-,24-,28?/m0/s1. The number of allylic oxidation sites excluding steroid dienone is 3. The minimum absolute atomic E-state index is 0.155. The molecule has 0 aromatic heterocycles. The minimum atomic E-state index is -3.97. The second kappa shape index (κ2) is 12.5. The fourth-order valence-electron chi connectivity index (χ4n) is 4.82. The predicted molar refractivity (Wildman–Crippen MR) is 149 cm³/mol. The Morgan fingerprint density at radius 1 is 1.02 bits per heavy atom. The fraction of sp³-hybridized carbons (Fsp3) is 0.357. The normalized spacial score (nSPS) is 19.3. The van der Waals surface area contributed by atoms with Gasteiger partial charge in [0.2, 0.25) is 5.91 Å². The average Bonchev–Trinajstić information content (AvgIpc) is 2.92. The van der Waals surface area contributed by atoms with Gasteiger partial charge in [-0.3, -0.25) is 14.4 Å². The van der Waals surface area contributed by atoms with E-state index in [1.165, 1.54) is 25.2 Å². The molecule has 0 radical (unpaired) electrons. The van der Waals surface area contributed by atoms with Crippen molar-refractivity contribution in [1.29, 1.82) is 0 Å². The molecule has 0 saturated heterocycles. The van der Waals surface area contributed by atoms with Crippen molar-refractivity contribution in [2.75, 3.05) is 5.75 Å². The van der Waals surface area contributed by atoms with Crippen LogP contribution in [0.25, 0.3) is 10.8 Å².